The highest BCUT2D eigenvalue weighted by Crippen LogP contribution is 1.98. The van der Waals surface area contributed by atoms with E-state index in [2.05, 4.69) is 10.1 Å². The molecule has 2 rings (SSSR count). The third-order valence-electron chi connectivity index (χ3n) is 2.27. The number of carbonyl (C=O) groups excluding carboxylic acids is 1. The highest BCUT2D eigenvalue weighted by atomic mass is 16.5. The minimum Gasteiger partial charge on any atom is -0.463 e. The smallest absolute Gasteiger partial charge is 0.293 e. The molecule has 1 unspecified atom stereocenters. The summed E-state index contributed by atoms with van der Waals surface area (Å²) in [6, 6.07) is 9.55. The molecule has 0 aliphatic carbocycles. The van der Waals surface area contributed by atoms with Crippen LogP contribution in [0.3, 0.4) is 0 Å². The average Bonchev–Trinajstić information content (AvgIpc) is 2.66. The zero-order valence-corrected chi connectivity index (χ0v) is 10.2. The Morgan fingerprint density at radius 3 is 2.94 bits per heavy atom. The zero-order chi connectivity index (χ0) is 13.1. The number of β-amino-alcohol motifs (C(OH)–C–C–N with tert-alkyl or cyclic N) is 1. The molecule has 1 aromatic carbocycles. The summed E-state index contributed by atoms with van der Waals surface area (Å²) in [5, 5.41) is 11.9. The Kier molecular flexibility index (Phi) is 7.79. The highest BCUT2D eigenvalue weighted by Gasteiger charge is 2.05. The molecule has 0 radical (unpaired) electrons. The molecular formula is C13H19NO4. The molecule has 1 heterocycles. The van der Waals surface area contributed by atoms with Gasteiger partial charge in [0.2, 0.25) is 0 Å². The van der Waals surface area contributed by atoms with Crippen LogP contribution in [0.25, 0.3) is 0 Å². The summed E-state index contributed by atoms with van der Waals surface area (Å²) in [5.41, 5.74) is 1.01. The molecule has 1 atom stereocenters. The van der Waals surface area contributed by atoms with Gasteiger partial charge in [0.25, 0.3) is 6.47 Å². The molecule has 2 N–H and O–H groups in total. The molecule has 0 amide bonds. The normalized spacial score (nSPS) is 19.1. The van der Waals surface area contributed by atoms with Crippen LogP contribution in [-0.4, -0.2) is 44.0 Å². The van der Waals surface area contributed by atoms with Crippen LogP contribution in [0.15, 0.2) is 30.3 Å². The first-order valence-electron chi connectivity index (χ1n) is 5.88. The molecular weight excluding hydrogens is 234 g/mol. The van der Waals surface area contributed by atoms with E-state index in [1.807, 2.05) is 30.3 Å². The Hall–Kier alpha value is -1.43. The maximum atomic E-state index is 9.76. The molecule has 100 valence electrons. The van der Waals surface area contributed by atoms with E-state index in [-0.39, 0.29) is 6.10 Å². The first-order chi connectivity index (χ1) is 8.83. The number of benzene rings is 1. The summed E-state index contributed by atoms with van der Waals surface area (Å²) in [6.07, 6.45) is -0.308. The first kappa shape index (κ1) is 14.6. The molecule has 0 spiro atoms. The van der Waals surface area contributed by atoms with E-state index in [1.54, 1.807) is 0 Å². The van der Waals surface area contributed by atoms with Gasteiger partial charge in [-0.25, -0.2) is 0 Å². The van der Waals surface area contributed by atoms with Gasteiger partial charge in [-0.2, -0.15) is 0 Å². The Labute approximate surface area is 107 Å². The van der Waals surface area contributed by atoms with E-state index in [9.17, 15) is 4.79 Å². The van der Waals surface area contributed by atoms with E-state index in [1.165, 1.54) is 0 Å². The van der Waals surface area contributed by atoms with Crippen molar-refractivity contribution in [3.63, 3.8) is 0 Å². The van der Waals surface area contributed by atoms with Crippen LogP contribution in [-0.2, 0) is 20.9 Å². The lowest BCUT2D eigenvalue weighted by Crippen LogP contribution is -2.26. The molecule has 18 heavy (non-hydrogen) atoms. The molecule has 1 saturated heterocycles. The fourth-order valence-electron chi connectivity index (χ4n) is 1.40. The number of aliphatic hydroxyl groups excluding tert-OH is 1. The van der Waals surface area contributed by atoms with Crippen molar-refractivity contribution >= 4 is 6.47 Å². The minimum atomic E-state index is -0.308. The second-order valence-electron chi connectivity index (χ2n) is 3.83. The lowest BCUT2D eigenvalue weighted by molar-refractivity contribution is -0.129. The van der Waals surface area contributed by atoms with Crippen molar-refractivity contribution in [2.75, 3.05) is 26.3 Å². The summed E-state index contributed by atoms with van der Waals surface area (Å²) in [7, 11) is 0. The molecule has 5 nitrogen and oxygen atoms in total. The van der Waals surface area contributed by atoms with Gasteiger partial charge in [-0.15, -0.1) is 0 Å². The average molecular weight is 253 g/mol. The van der Waals surface area contributed by atoms with Gasteiger partial charge in [0.05, 0.1) is 19.3 Å². The predicted octanol–water partition coefficient (Wildman–Crippen LogP) is 0.327. The standard InChI is InChI=1S/C8H8O2.C5H11NO2/c9-7-10-6-8-4-2-1-3-5-8;7-5-3-6-1-2-8-4-5/h1-5,7H,6H2;5-7H,1-4H2. The first-order valence-corrected chi connectivity index (χ1v) is 5.88. The van der Waals surface area contributed by atoms with Crippen LogP contribution in [0, 0.1) is 0 Å². The summed E-state index contributed by atoms with van der Waals surface area (Å²) in [5.74, 6) is 0. The van der Waals surface area contributed by atoms with E-state index in [0.717, 1.165) is 18.7 Å². The Morgan fingerprint density at radius 1 is 1.44 bits per heavy atom. The number of ether oxygens (including phenoxy) is 2. The fourth-order valence-corrected chi connectivity index (χ4v) is 1.40. The van der Waals surface area contributed by atoms with Crippen molar-refractivity contribution in [3.05, 3.63) is 35.9 Å². The van der Waals surface area contributed by atoms with Crippen LogP contribution < -0.4 is 5.32 Å². The molecule has 1 fully saturated rings. The number of hydrogen-bond donors (Lipinski definition) is 2. The van der Waals surface area contributed by atoms with Crippen LogP contribution in [0.5, 0.6) is 0 Å². The van der Waals surface area contributed by atoms with Crippen molar-refractivity contribution in [1.82, 2.24) is 5.32 Å². The van der Waals surface area contributed by atoms with Crippen molar-refractivity contribution in [2.45, 2.75) is 12.7 Å². The Morgan fingerprint density at radius 2 is 2.22 bits per heavy atom. The van der Waals surface area contributed by atoms with Crippen LogP contribution >= 0.6 is 0 Å². The van der Waals surface area contributed by atoms with E-state index >= 15 is 0 Å². The van der Waals surface area contributed by atoms with Crippen molar-refractivity contribution in [2.24, 2.45) is 0 Å². The maximum absolute atomic E-state index is 9.76. The van der Waals surface area contributed by atoms with Gasteiger partial charge in [0.15, 0.2) is 0 Å². The van der Waals surface area contributed by atoms with Gasteiger partial charge in [-0.3, -0.25) is 4.79 Å². The molecule has 5 heteroatoms. The van der Waals surface area contributed by atoms with E-state index in [4.69, 9.17) is 9.84 Å². The fraction of sp³-hybridized carbons (Fsp3) is 0.462. The molecule has 1 aromatic rings. The van der Waals surface area contributed by atoms with Gasteiger partial charge >= 0.3 is 0 Å². The number of aliphatic hydroxyl groups is 1. The summed E-state index contributed by atoms with van der Waals surface area (Å²) >= 11 is 0. The number of nitrogens with one attached hydrogen (secondary N) is 1. The van der Waals surface area contributed by atoms with Crippen LogP contribution in [0.4, 0.5) is 0 Å². The van der Waals surface area contributed by atoms with Gasteiger partial charge in [0.1, 0.15) is 6.61 Å². The largest absolute Gasteiger partial charge is 0.463 e. The third-order valence-corrected chi connectivity index (χ3v) is 2.27. The monoisotopic (exact) mass is 253 g/mol. The van der Waals surface area contributed by atoms with Crippen molar-refractivity contribution in [1.29, 1.82) is 0 Å². The zero-order valence-electron chi connectivity index (χ0n) is 10.2. The van der Waals surface area contributed by atoms with Crippen LogP contribution in [0.2, 0.25) is 0 Å². The molecule has 1 aliphatic rings. The van der Waals surface area contributed by atoms with Gasteiger partial charge in [-0.1, -0.05) is 30.3 Å². The number of rotatable bonds is 3. The lowest BCUT2D eigenvalue weighted by atomic mass is 10.2. The van der Waals surface area contributed by atoms with Gasteiger partial charge in [-0.05, 0) is 5.56 Å². The van der Waals surface area contributed by atoms with Crippen LogP contribution in [0.1, 0.15) is 5.56 Å². The minimum absolute atomic E-state index is 0.308. The lowest BCUT2D eigenvalue weighted by Gasteiger charge is -2.02. The van der Waals surface area contributed by atoms with Gasteiger partial charge in [0, 0.05) is 13.1 Å². The van der Waals surface area contributed by atoms with Gasteiger partial charge < -0.3 is 19.9 Å². The predicted molar refractivity (Wildman–Crippen MR) is 67.0 cm³/mol. The number of carbonyl (C=O) groups is 1. The second-order valence-corrected chi connectivity index (χ2v) is 3.83. The second kappa shape index (κ2) is 9.58. The summed E-state index contributed by atoms with van der Waals surface area (Å²) in [6.45, 7) is 3.54. The van der Waals surface area contributed by atoms with E-state index in [0.29, 0.717) is 26.2 Å². The van der Waals surface area contributed by atoms with Crippen molar-refractivity contribution in [3.8, 4) is 0 Å². The Bertz CT molecular complexity index is 310. The molecule has 1 aliphatic heterocycles. The summed E-state index contributed by atoms with van der Waals surface area (Å²) in [4.78, 5) is 9.76. The third kappa shape index (κ3) is 7.01. The maximum Gasteiger partial charge on any atom is 0.293 e. The number of hydrogen-bond acceptors (Lipinski definition) is 5. The molecule has 0 saturated carbocycles. The molecule has 0 bridgehead atoms. The topological polar surface area (TPSA) is 67.8 Å². The van der Waals surface area contributed by atoms with Crippen molar-refractivity contribution < 1.29 is 19.4 Å². The molecule has 0 aromatic heterocycles. The highest BCUT2D eigenvalue weighted by molar-refractivity contribution is 5.37. The Balaban J connectivity index is 0.000000184. The quantitative estimate of drug-likeness (QED) is 0.760. The SMILES string of the molecule is O=COCc1ccccc1.OC1CNCCOC1. The van der Waals surface area contributed by atoms with E-state index < -0.39 is 0 Å². The summed E-state index contributed by atoms with van der Waals surface area (Å²) < 4.78 is 9.53.